The van der Waals surface area contributed by atoms with E-state index < -0.39 is 0 Å². The molecule has 1 heterocycles. The van der Waals surface area contributed by atoms with Crippen LogP contribution in [0.2, 0.25) is 0 Å². The zero-order valence-electron chi connectivity index (χ0n) is 5.85. The van der Waals surface area contributed by atoms with Crippen LogP contribution in [0.25, 0.3) is 0 Å². The number of hydrogen-bond acceptors (Lipinski definition) is 3. The summed E-state index contributed by atoms with van der Waals surface area (Å²) in [5, 5.41) is 0. The lowest BCUT2D eigenvalue weighted by Gasteiger charge is -2.15. The predicted octanol–water partition coefficient (Wildman–Crippen LogP) is 0.576. The fraction of sp³-hybridized carbons (Fsp3) is 0.833. The molecular weight excluding hydrogens is 116 g/mol. The summed E-state index contributed by atoms with van der Waals surface area (Å²) < 4.78 is 0. The zero-order valence-corrected chi connectivity index (χ0v) is 5.85. The van der Waals surface area contributed by atoms with E-state index in [1.54, 1.807) is 0 Å². The van der Waals surface area contributed by atoms with Crippen molar-refractivity contribution in [3.05, 3.63) is 0 Å². The predicted molar refractivity (Wildman–Crippen MR) is 36.2 cm³/mol. The van der Waals surface area contributed by atoms with Gasteiger partial charge in [0.15, 0.2) is 6.73 Å². The topological polar surface area (TPSA) is 33.6 Å². The molecule has 0 aromatic rings. The van der Waals surface area contributed by atoms with Crippen LogP contribution in [0.4, 0.5) is 0 Å². The minimum Gasteiger partial charge on any atom is -0.278 e. The molecule has 0 unspecified atom stereocenters. The quantitative estimate of drug-likeness (QED) is 0.560. The van der Waals surface area contributed by atoms with Gasteiger partial charge in [-0.3, -0.25) is 9.83 Å². The highest BCUT2D eigenvalue weighted by Crippen LogP contribution is 1.98. The highest BCUT2D eigenvalue weighted by Gasteiger charge is 2.07. The average molecular weight is 128 g/mol. The van der Waals surface area contributed by atoms with Crippen LogP contribution in [-0.4, -0.2) is 19.0 Å². The lowest BCUT2D eigenvalue weighted by molar-refractivity contribution is 0.0473. The molecule has 0 aromatic carbocycles. The molecule has 0 fully saturated rings. The molecule has 3 nitrogen and oxygen atoms in total. The van der Waals surface area contributed by atoms with Crippen LogP contribution in [0.15, 0.2) is 4.99 Å². The van der Waals surface area contributed by atoms with E-state index in [1.807, 2.05) is 0 Å². The van der Waals surface area contributed by atoms with Gasteiger partial charge < -0.3 is 0 Å². The number of nitrogens with one attached hydrogen (secondary N) is 1. The number of nitrogens with zero attached hydrogens (tertiary/aromatic N) is 1. The standard InChI is InChI=1S/C6H12N2O/c1-5(2)6-3-8-9-4-7-6/h5,8H,3-4H2,1-2H3. The first-order valence-corrected chi connectivity index (χ1v) is 3.18. The summed E-state index contributed by atoms with van der Waals surface area (Å²) >= 11 is 0. The Hall–Kier alpha value is -0.410. The van der Waals surface area contributed by atoms with E-state index in [0.717, 1.165) is 6.54 Å². The monoisotopic (exact) mass is 128 g/mol. The third-order valence-corrected chi connectivity index (χ3v) is 1.35. The zero-order chi connectivity index (χ0) is 6.69. The average Bonchev–Trinajstić information content (AvgIpc) is 1.90. The van der Waals surface area contributed by atoms with Crippen molar-refractivity contribution < 1.29 is 4.84 Å². The van der Waals surface area contributed by atoms with Gasteiger partial charge in [0.05, 0.1) is 6.54 Å². The van der Waals surface area contributed by atoms with Gasteiger partial charge in [0.1, 0.15) is 0 Å². The number of aliphatic imine (C=N–C) groups is 1. The fourth-order valence-electron chi connectivity index (χ4n) is 0.728. The van der Waals surface area contributed by atoms with Crippen LogP contribution in [0.5, 0.6) is 0 Å². The Balaban J connectivity index is 2.46. The Bertz CT molecular complexity index is 120. The summed E-state index contributed by atoms with van der Waals surface area (Å²) in [7, 11) is 0. The third kappa shape index (κ3) is 1.77. The van der Waals surface area contributed by atoms with Crippen LogP contribution >= 0.6 is 0 Å². The minimum absolute atomic E-state index is 0.466. The van der Waals surface area contributed by atoms with E-state index in [1.165, 1.54) is 5.71 Å². The molecule has 1 aliphatic heterocycles. The molecule has 1 rings (SSSR count). The molecular formula is C6H12N2O. The highest BCUT2D eigenvalue weighted by molar-refractivity contribution is 5.88. The van der Waals surface area contributed by atoms with Gasteiger partial charge in [-0.05, 0) is 5.92 Å². The first-order valence-electron chi connectivity index (χ1n) is 3.18. The van der Waals surface area contributed by atoms with Crippen molar-refractivity contribution in [1.82, 2.24) is 5.48 Å². The lowest BCUT2D eigenvalue weighted by Crippen LogP contribution is -2.31. The van der Waals surface area contributed by atoms with Gasteiger partial charge in [-0.1, -0.05) is 13.8 Å². The molecule has 0 aromatic heterocycles. The van der Waals surface area contributed by atoms with Gasteiger partial charge in [-0.15, -0.1) is 0 Å². The first-order chi connectivity index (χ1) is 4.30. The van der Waals surface area contributed by atoms with E-state index in [0.29, 0.717) is 12.6 Å². The van der Waals surface area contributed by atoms with Gasteiger partial charge in [0.2, 0.25) is 0 Å². The maximum atomic E-state index is 4.81. The summed E-state index contributed by atoms with van der Waals surface area (Å²) in [6.45, 7) is 5.50. The van der Waals surface area contributed by atoms with Crippen molar-refractivity contribution in [2.24, 2.45) is 10.9 Å². The van der Waals surface area contributed by atoms with Crippen molar-refractivity contribution in [3.8, 4) is 0 Å². The summed E-state index contributed by atoms with van der Waals surface area (Å²) in [5.41, 5.74) is 3.98. The molecule has 1 N–H and O–H groups in total. The Morgan fingerprint density at radius 1 is 1.67 bits per heavy atom. The van der Waals surface area contributed by atoms with Crippen molar-refractivity contribution in [2.45, 2.75) is 13.8 Å². The molecule has 3 heteroatoms. The minimum atomic E-state index is 0.466. The van der Waals surface area contributed by atoms with Crippen LogP contribution in [-0.2, 0) is 4.84 Å². The number of rotatable bonds is 1. The molecule has 0 atom stereocenters. The van der Waals surface area contributed by atoms with E-state index in [4.69, 9.17) is 4.84 Å². The number of hydrogen-bond donors (Lipinski definition) is 1. The molecule has 0 aliphatic carbocycles. The Kier molecular flexibility index (Phi) is 2.19. The maximum absolute atomic E-state index is 4.81. The summed E-state index contributed by atoms with van der Waals surface area (Å²) in [6.07, 6.45) is 0. The Morgan fingerprint density at radius 3 is 2.78 bits per heavy atom. The summed E-state index contributed by atoms with van der Waals surface area (Å²) in [6, 6.07) is 0. The van der Waals surface area contributed by atoms with Crippen LogP contribution in [0, 0.1) is 5.92 Å². The lowest BCUT2D eigenvalue weighted by atomic mass is 10.1. The Labute approximate surface area is 55.1 Å². The van der Waals surface area contributed by atoms with Gasteiger partial charge in [0, 0.05) is 5.71 Å². The molecule has 0 saturated heterocycles. The van der Waals surface area contributed by atoms with E-state index in [2.05, 4.69) is 24.3 Å². The normalized spacial score (nSPS) is 20.1. The summed E-state index contributed by atoms with van der Waals surface area (Å²) in [5.74, 6) is 0.543. The van der Waals surface area contributed by atoms with E-state index >= 15 is 0 Å². The van der Waals surface area contributed by atoms with Crippen molar-refractivity contribution in [2.75, 3.05) is 13.3 Å². The van der Waals surface area contributed by atoms with Gasteiger partial charge in [-0.25, -0.2) is 0 Å². The van der Waals surface area contributed by atoms with Gasteiger partial charge in [0.25, 0.3) is 0 Å². The van der Waals surface area contributed by atoms with Crippen molar-refractivity contribution >= 4 is 5.71 Å². The molecule has 0 spiro atoms. The maximum Gasteiger partial charge on any atom is 0.158 e. The van der Waals surface area contributed by atoms with Crippen LogP contribution < -0.4 is 5.48 Å². The number of hydroxylamine groups is 1. The van der Waals surface area contributed by atoms with E-state index in [9.17, 15) is 0 Å². The van der Waals surface area contributed by atoms with Crippen LogP contribution in [0.1, 0.15) is 13.8 Å². The molecule has 0 amide bonds. The molecule has 0 bridgehead atoms. The third-order valence-electron chi connectivity index (χ3n) is 1.35. The first kappa shape index (κ1) is 6.71. The molecule has 9 heavy (non-hydrogen) atoms. The second-order valence-electron chi connectivity index (χ2n) is 2.40. The van der Waals surface area contributed by atoms with Crippen molar-refractivity contribution in [1.29, 1.82) is 0 Å². The molecule has 0 saturated carbocycles. The second kappa shape index (κ2) is 2.94. The van der Waals surface area contributed by atoms with Gasteiger partial charge in [-0.2, -0.15) is 5.48 Å². The SMILES string of the molecule is CC(C)C1=NCONC1. The largest absolute Gasteiger partial charge is 0.278 e. The molecule has 1 aliphatic rings. The van der Waals surface area contributed by atoms with Gasteiger partial charge >= 0.3 is 0 Å². The highest BCUT2D eigenvalue weighted by atomic mass is 16.7. The second-order valence-corrected chi connectivity index (χ2v) is 2.40. The fourth-order valence-corrected chi connectivity index (χ4v) is 0.728. The van der Waals surface area contributed by atoms with Crippen molar-refractivity contribution in [3.63, 3.8) is 0 Å². The van der Waals surface area contributed by atoms with Crippen LogP contribution in [0.3, 0.4) is 0 Å². The Morgan fingerprint density at radius 2 is 2.44 bits per heavy atom. The van der Waals surface area contributed by atoms with E-state index in [-0.39, 0.29) is 0 Å². The molecule has 0 radical (unpaired) electrons. The molecule has 52 valence electrons. The summed E-state index contributed by atoms with van der Waals surface area (Å²) in [4.78, 5) is 8.97. The smallest absolute Gasteiger partial charge is 0.158 e.